The van der Waals surface area contributed by atoms with Gasteiger partial charge in [0.15, 0.2) is 0 Å². The van der Waals surface area contributed by atoms with Crippen LogP contribution in [0.4, 0.5) is 0 Å². The molecule has 2 fully saturated rings. The summed E-state index contributed by atoms with van der Waals surface area (Å²) in [4.78, 5) is 2.22. The van der Waals surface area contributed by atoms with Crippen molar-refractivity contribution in [1.82, 2.24) is 18.7 Å². The summed E-state index contributed by atoms with van der Waals surface area (Å²) in [6.07, 6.45) is 2.09. The fourth-order valence-electron chi connectivity index (χ4n) is 3.36. The molecule has 3 rings (SSSR count). The van der Waals surface area contributed by atoms with Crippen LogP contribution in [0.1, 0.15) is 31.2 Å². The average molecular weight is 342 g/mol. The van der Waals surface area contributed by atoms with Gasteiger partial charge in [-0.1, -0.05) is 12.1 Å². The van der Waals surface area contributed by atoms with Crippen LogP contribution in [0.3, 0.4) is 0 Å². The van der Waals surface area contributed by atoms with Crippen LogP contribution >= 0.6 is 0 Å². The van der Waals surface area contributed by atoms with Crippen molar-refractivity contribution in [3.05, 3.63) is 17.5 Å². The zero-order chi connectivity index (χ0) is 16.4. The minimum Gasteiger partial charge on any atom is -0.361 e. The van der Waals surface area contributed by atoms with Crippen LogP contribution in [0.25, 0.3) is 0 Å². The first-order valence-electron chi connectivity index (χ1n) is 8.35. The fraction of sp³-hybridized carbons (Fsp3) is 0.800. The zero-order valence-corrected chi connectivity index (χ0v) is 14.8. The Hall–Kier alpha value is -0.960. The van der Waals surface area contributed by atoms with Gasteiger partial charge in [0.2, 0.25) is 0 Å². The quantitative estimate of drug-likeness (QED) is 0.819. The second-order valence-corrected chi connectivity index (χ2v) is 8.65. The Labute approximate surface area is 138 Å². The predicted octanol–water partition coefficient (Wildman–Crippen LogP) is 1.08. The maximum Gasteiger partial charge on any atom is 0.282 e. The summed E-state index contributed by atoms with van der Waals surface area (Å²) in [5, 5.41) is 4.00. The van der Waals surface area contributed by atoms with Gasteiger partial charge in [-0.2, -0.15) is 17.0 Å². The number of aryl methyl sites for hydroxylation is 1. The fourth-order valence-corrected chi connectivity index (χ4v) is 5.11. The molecule has 130 valence electrons. The van der Waals surface area contributed by atoms with E-state index in [9.17, 15) is 8.42 Å². The molecule has 8 heteroatoms. The van der Waals surface area contributed by atoms with Crippen molar-refractivity contribution >= 4 is 10.2 Å². The van der Waals surface area contributed by atoms with E-state index >= 15 is 0 Å². The molecule has 0 unspecified atom stereocenters. The summed E-state index contributed by atoms with van der Waals surface area (Å²) >= 11 is 0. The van der Waals surface area contributed by atoms with E-state index in [1.165, 1.54) is 0 Å². The molecule has 0 radical (unpaired) electrons. The van der Waals surface area contributed by atoms with Gasteiger partial charge in [-0.05, 0) is 25.7 Å². The molecule has 3 heterocycles. The molecule has 0 aliphatic carbocycles. The minimum absolute atomic E-state index is 0.454. The Morgan fingerprint density at radius 2 is 1.96 bits per heavy atom. The molecular weight excluding hydrogens is 316 g/mol. The highest BCUT2D eigenvalue weighted by atomic mass is 32.2. The maximum atomic E-state index is 12.8. The summed E-state index contributed by atoms with van der Waals surface area (Å²) in [5.74, 6) is 1.26. The molecule has 2 aliphatic heterocycles. The molecule has 0 N–H and O–H groups in total. The van der Waals surface area contributed by atoms with E-state index < -0.39 is 10.2 Å². The van der Waals surface area contributed by atoms with Crippen LogP contribution in [-0.2, 0) is 16.8 Å². The number of aromatic nitrogens is 1. The molecule has 1 aromatic heterocycles. The Morgan fingerprint density at radius 1 is 1.22 bits per heavy atom. The highest BCUT2D eigenvalue weighted by Gasteiger charge is 2.34. The molecule has 2 aliphatic rings. The lowest BCUT2D eigenvalue weighted by atomic mass is 10.0. The standard InChI is InChI=1S/C15H26N4O3S/c1-13-4-3-5-19(11-13)23(20,21)18-8-6-17(7-9-18)12-15-10-14(2)22-16-15/h10,13H,3-9,11-12H2,1-2H3/t13-/m0/s1. The number of piperazine rings is 1. The van der Waals surface area contributed by atoms with E-state index in [0.717, 1.165) is 37.4 Å². The Kier molecular flexibility index (Phi) is 5.05. The Balaban J connectivity index is 1.55. The number of hydrogen-bond donors (Lipinski definition) is 0. The molecule has 7 nitrogen and oxygen atoms in total. The van der Waals surface area contributed by atoms with Crippen LogP contribution in [0.15, 0.2) is 10.6 Å². The smallest absolute Gasteiger partial charge is 0.282 e. The van der Waals surface area contributed by atoms with Gasteiger partial charge in [0, 0.05) is 51.9 Å². The van der Waals surface area contributed by atoms with E-state index in [1.54, 1.807) is 8.61 Å². The first-order chi connectivity index (χ1) is 10.9. The summed E-state index contributed by atoms with van der Waals surface area (Å²) in [6, 6.07) is 1.93. The van der Waals surface area contributed by atoms with Gasteiger partial charge in [0.25, 0.3) is 10.2 Å². The highest BCUT2D eigenvalue weighted by Crippen LogP contribution is 2.21. The van der Waals surface area contributed by atoms with Crippen molar-refractivity contribution in [2.24, 2.45) is 5.92 Å². The molecule has 1 aromatic rings. The Morgan fingerprint density at radius 3 is 2.57 bits per heavy atom. The first kappa shape index (κ1) is 16.9. The van der Waals surface area contributed by atoms with Crippen molar-refractivity contribution in [3.63, 3.8) is 0 Å². The number of nitrogens with zero attached hydrogens (tertiary/aromatic N) is 4. The normalized spacial score (nSPS) is 25.7. The Bertz CT molecular complexity index is 622. The molecule has 0 spiro atoms. The lowest BCUT2D eigenvalue weighted by Gasteiger charge is -2.38. The molecule has 1 atom stereocenters. The maximum absolute atomic E-state index is 12.8. The third kappa shape index (κ3) is 3.93. The molecule has 0 amide bonds. The molecule has 0 saturated carbocycles. The minimum atomic E-state index is -3.30. The third-order valence-corrected chi connectivity index (χ3v) is 6.67. The summed E-state index contributed by atoms with van der Waals surface area (Å²) < 4.78 is 33.9. The van der Waals surface area contributed by atoms with Crippen LogP contribution in [0.2, 0.25) is 0 Å². The van der Waals surface area contributed by atoms with E-state index in [1.807, 2.05) is 13.0 Å². The van der Waals surface area contributed by atoms with Gasteiger partial charge in [-0.3, -0.25) is 4.90 Å². The second kappa shape index (κ2) is 6.88. The van der Waals surface area contributed by atoms with Crippen molar-refractivity contribution in [3.8, 4) is 0 Å². The molecule has 2 saturated heterocycles. The highest BCUT2D eigenvalue weighted by molar-refractivity contribution is 7.86. The third-order valence-electron chi connectivity index (χ3n) is 4.67. The summed E-state index contributed by atoms with van der Waals surface area (Å²) in [7, 11) is -3.30. The van der Waals surface area contributed by atoms with E-state index in [4.69, 9.17) is 4.52 Å². The molecule has 23 heavy (non-hydrogen) atoms. The molecular formula is C15H26N4O3S. The van der Waals surface area contributed by atoms with Gasteiger partial charge in [-0.25, -0.2) is 0 Å². The molecule has 0 aromatic carbocycles. The SMILES string of the molecule is Cc1cc(CN2CCN(S(=O)(=O)N3CCC[C@H](C)C3)CC2)no1. The van der Waals surface area contributed by atoms with Crippen molar-refractivity contribution < 1.29 is 12.9 Å². The lowest BCUT2D eigenvalue weighted by molar-refractivity contribution is 0.166. The zero-order valence-electron chi connectivity index (χ0n) is 13.9. The van der Waals surface area contributed by atoms with Crippen molar-refractivity contribution in [2.45, 2.75) is 33.2 Å². The van der Waals surface area contributed by atoms with Crippen molar-refractivity contribution in [1.29, 1.82) is 0 Å². The van der Waals surface area contributed by atoms with Gasteiger partial charge in [0.05, 0.1) is 5.69 Å². The first-order valence-corrected chi connectivity index (χ1v) is 9.74. The van der Waals surface area contributed by atoms with Gasteiger partial charge >= 0.3 is 0 Å². The van der Waals surface area contributed by atoms with E-state index in [2.05, 4.69) is 17.0 Å². The summed E-state index contributed by atoms with van der Waals surface area (Å²) in [5.41, 5.74) is 0.906. The van der Waals surface area contributed by atoms with Crippen LogP contribution in [0.5, 0.6) is 0 Å². The van der Waals surface area contributed by atoms with Gasteiger partial charge in [0.1, 0.15) is 5.76 Å². The summed E-state index contributed by atoms with van der Waals surface area (Å²) in [6.45, 7) is 8.58. The van der Waals surface area contributed by atoms with E-state index in [0.29, 0.717) is 38.6 Å². The van der Waals surface area contributed by atoms with Gasteiger partial charge < -0.3 is 4.52 Å². The lowest BCUT2D eigenvalue weighted by Crippen LogP contribution is -2.54. The van der Waals surface area contributed by atoms with Crippen LogP contribution < -0.4 is 0 Å². The number of rotatable bonds is 4. The monoisotopic (exact) mass is 342 g/mol. The molecule has 0 bridgehead atoms. The average Bonchev–Trinajstić information content (AvgIpc) is 2.93. The van der Waals surface area contributed by atoms with Crippen LogP contribution in [-0.4, -0.2) is 66.4 Å². The number of hydrogen-bond acceptors (Lipinski definition) is 5. The van der Waals surface area contributed by atoms with E-state index in [-0.39, 0.29) is 0 Å². The van der Waals surface area contributed by atoms with Crippen molar-refractivity contribution in [2.75, 3.05) is 39.3 Å². The second-order valence-electron chi connectivity index (χ2n) is 6.72. The van der Waals surface area contributed by atoms with Gasteiger partial charge in [-0.15, -0.1) is 0 Å². The predicted molar refractivity (Wildman–Crippen MR) is 87.0 cm³/mol. The largest absolute Gasteiger partial charge is 0.361 e. The topological polar surface area (TPSA) is 69.9 Å². The van der Waals surface area contributed by atoms with Crippen LogP contribution in [0, 0.1) is 12.8 Å². The number of piperidine rings is 1.